The lowest BCUT2D eigenvalue weighted by atomic mass is 10.2. The highest BCUT2D eigenvalue weighted by atomic mass is 32.1. The van der Waals surface area contributed by atoms with Gasteiger partial charge in [-0.05, 0) is 24.1 Å². The fourth-order valence-corrected chi connectivity index (χ4v) is 4.03. The fraction of sp³-hybridized carbons (Fsp3) is 0.143. The van der Waals surface area contributed by atoms with Gasteiger partial charge < -0.3 is 5.32 Å². The molecular weight excluding hydrogens is 342 g/mol. The van der Waals surface area contributed by atoms with E-state index in [4.69, 9.17) is 0 Å². The van der Waals surface area contributed by atoms with Crippen LogP contribution in [0.5, 0.6) is 0 Å². The molecule has 4 rings (SSSR count). The molecular formula is C21H19N3OS. The van der Waals surface area contributed by atoms with Gasteiger partial charge in [0.1, 0.15) is 4.83 Å². The minimum absolute atomic E-state index is 0.0410. The van der Waals surface area contributed by atoms with Crippen LogP contribution < -0.4 is 5.32 Å². The smallest absolute Gasteiger partial charge is 0.261 e. The Labute approximate surface area is 156 Å². The molecule has 0 aliphatic rings. The quantitative estimate of drug-likeness (QED) is 0.573. The molecule has 4 aromatic rings. The first-order valence-electron chi connectivity index (χ1n) is 8.54. The Bertz CT molecular complexity index is 1040. The zero-order valence-electron chi connectivity index (χ0n) is 14.5. The van der Waals surface area contributed by atoms with E-state index in [0.717, 1.165) is 26.4 Å². The Morgan fingerprint density at radius 3 is 2.38 bits per heavy atom. The van der Waals surface area contributed by atoms with Crippen LogP contribution in [-0.2, 0) is 13.1 Å². The molecule has 0 unspecified atom stereocenters. The summed E-state index contributed by atoms with van der Waals surface area (Å²) in [4.78, 5) is 14.3. The Kier molecular flexibility index (Phi) is 4.54. The van der Waals surface area contributed by atoms with Gasteiger partial charge in [0.05, 0.1) is 17.1 Å². The van der Waals surface area contributed by atoms with Gasteiger partial charge in [0, 0.05) is 11.9 Å². The van der Waals surface area contributed by atoms with E-state index in [1.807, 2.05) is 66.2 Å². The number of hydrogen-bond acceptors (Lipinski definition) is 3. The van der Waals surface area contributed by atoms with Gasteiger partial charge in [-0.3, -0.25) is 9.48 Å². The summed E-state index contributed by atoms with van der Waals surface area (Å²) in [7, 11) is 0. The first-order valence-corrected chi connectivity index (χ1v) is 9.35. The van der Waals surface area contributed by atoms with Crippen molar-refractivity contribution in [2.75, 3.05) is 0 Å². The molecule has 0 atom stereocenters. The van der Waals surface area contributed by atoms with E-state index in [9.17, 15) is 4.79 Å². The van der Waals surface area contributed by atoms with Crippen molar-refractivity contribution in [3.05, 3.63) is 88.4 Å². The largest absolute Gasteiger partial charge is 0.347 e. The summed E-state index contributed by atoms with van der Waals surface area (Å²) in [5.74, 6) is -0.0410. The average Bonchev–Trinajstić information content (AvgIpc) is 3.23. The molecule has 0 fully saturated rings. The van der Waals surface area contributed by atoms with E-state index >= 15 is 0 Å². The second-order valence-electron chi connectivity index (χ2n) is 6.23. The molecule has 26 heavy (non-hydrogen) atoms. The van der Waals surface area contributed by atoms with Crippen molar-refractivity contribution >= 4 is 27.5 Å². The highest BCUT2D eigenvalue weighted by molar-refractivity contribution is 7.20. The van der Waals surface area contributed by atoms with Gasteiger partial charge in [-0.2, -0.15) is 5.10 Å². The van der Waals surface area contributed by atoms with Gasteiger partial charge in [-0.15, -0.1) is 11.3 Å². The first-order chi connectivity index (χ1) is 12.7. The van der Waals surface area contributed by atoms with Crippen LogP contribution in [0.25, 0.3) is 10.2 Å². The van der Waals surface area contributed by atoms with Crippen LogP contribution in [0, 0.1) is 6.92 Å². The number of rotatable bonds is 5. The van der Waals surface area contributed by atoms with Crippen molar-refractivity contribution < 1.29 is 4.79 Å². The number of hydrogen-bond donors (Lipinski definition) is 1. The van der Waals surface area contributed by atoms with Crippen molar-refractivity contribution in [3.8, 4) is 0 Å². The van der Waals surface area contributed by atoms with Crippen LogP contribution >= 0.6 is 11.3 Å². The number of nitrogens with one attached hydrogen (secondary N) is 1. The van der Waals surface area contributed by atoms with Gasteiger partial charge in [0.2, 0.25) is 0 Å². The molecule has 0 saturated heterocycles. The maximum absolute atomic E-state index is 12.5. The highest BCUT2D eigenvalue weighted by Crippen LogP contribution is 2.28. The lowest BCUT2D eigenvalue weighted by molar-refractivity contribution is 0.0955. The third-order valence-corrected chi connectivity index (χ3v) is 5.45. The minimum Gasteiger partial charge on any atom is -0.347 e. The zero-order chi connectivity index (χ0) is 17.9. The number of aromatic nitrogens is 2. The molecule has 0 aliphatic heterocycles. The SMILES string of the molecule is Cc1nn(Cc2ccccc2)c2sc(C(=O)NCc3ccccc3)cc12. The molecule has 0 bridgehead atoms. The molecule has 0 spiro atoms. The van der Waals surface area contributed by atoms with Crippen LogP contribution in [0.2, 0.25) is 0 Å². The summed E-state index contributed by atoms with van der Waals surface area (Å²) in [6.07, 6.45) is 0. The number of carbonyl (C=O) groups excluding carboxylic acids is 1. The first kappa shape index (κ1) is 16.5. The lowest BCUT2D eigenvalue weighted by Crippen LogP contribution is -2.21. The molecule has 130 valence electrons. The van der Waals surface area contributed by atoms with Crippen LogP contribution in [-0.4, -0.2) is 15.7 Å². The van der Waals surface area contributed by atoms with E-state index in [0.29, 0.717) is 13.1 Å². The maximum atomic E-state index is 12.5. The average molecular weight is 361 g/mol. The number of aryl methyl sites for hydroxylation is 1. The third kappa shape index (κ3) is 3.39. The number of amides is 1. The van der Waals surface area contributed by atoms with Crippen molar-refractivity contribution in [1.29, 1.82) is 0 Å². The molecule has 0 aliphatic carbocycles. The second kappa shape index (κ2) is 7.14. The summed E-state index contributed by atoms with van der Waals surface area (Å²) in [6, 6.07) is 22.1. The van der Waals surface area contributed by atoms with Crippen LogP contribution in [0.3, 0.4) is 0 Å². The fourth-order valence-electron chi connectivity index (χ4n) is 2.95. The maximum Gasteiger partial charge on any atom is 0.261 e. The van der Waals surface area contributed by atoms with E-state index in [1.165, 1.54) is 16.9 Å². The Morgan fingerprint density at radius 1 is 1.04 bits per heavy atom. The number of carbonyl (C=O) groups is 1. The molecule has 4 nitrogen and oxygen atoms in total. The third-order valence-electron chi connectivity index (χ3n) is 4.30. The molecule has 0 radical (unpaired) electrons. The summed E-state index contributed by atoms with van der Waals surface area (Å²) in [6.45, 7) is 3.22. The summed E-state index contributed by atoms with van der Waals surface area (Å²) in [5, 5.41) is 8.68. The molecule has 1 N–H and O–H groups in total. The van der Waals surface area contributed by atoms with Gasteiger partial charge in [0.25, 0.3) is 5.91 Å². The number of benzene rings is 2. The lowest BCUT2D eigenvalue weighted by Gasteiger charge is -2.04. The topological polar surface area (TPSA) is 46.9 Å². The normalized spacial score (nSPS) is 11.0. The Hall–Kier alpha value is -2.92. The van der Waals surface area contributed by atoms with E-state index < -0.39 is 0 Å². The number of thiophene rings is 1. The standard InChI is InChI=1S/C21H19N3OS/c1-15-18-12-19(20(25)22-13-16-8-4-2-5-9-16)26-21(18)24(23-15)14-17-10-6-3-7-11-17/h2-12H,13-14H2,1H3,(H,22,25). The Balaban J connectivity index is 1.55. The van der Waals surface area contributed by atoms with Crippen molar-refractivity contribution in [1.82, 2.24) is 15.1 Å². The molecule has 2 aromatic carbocycles. The van der Waals surface area contributed by atoms with Crippen molar-refractivity contribution in [2.45, 2.75) is 20.0 Å². The minimum atomic E-state index is -0.0410. The second-order valence-corrected chi connectivity index (χ2v) is 7.26. The monoisotopic (exact) mass is 361 g/mol. The van der Waals surface area contributed by atoms with Gasteiger partial charge in [0.15, 0.2) is 0 Å². The van der Waals surface area contributed by atoms with E-state index in [1.54, 1.807) is 0 Å². The molecule has 1 amide bonds. The molecule has 2 heterocycles. The van der Waals surface area contributed by atoms with Gasteiger partial charge in [-0.1, -0.05) is 60.7 Å². The van der Waals surface area contributed by atoms with Crippen LogP contribution in [0.1, 0.15) is 26.5 Å². The summed E-state index contributed by atoms with van der Waals surface area (Å²) in [5.41, 5.74) is 3.24. The predicted octanol–water partition coefficient (Wildman–Crippen LogP) is 4.38. The van der Waals surface area contributed by atoms with Crippen molar-refractivity contribution in [2.24, 2.45) is 0 Å². The summed E-state index contributed by atoms with van der Waals surface area (Å²) >= 11 is 1.50. The Morgan fingerprint density at radius 2 is 1.69 bits per heavy atom. The molecule has 0 saturated carbocycles. The van der Waals surface area contributed by atoms with Gasteiger partial charge >= 0.3 is 0 Å². The zero-order valence-corrected chi connectivity index (χ0v) is 15.3. The number of fused-ring (bicyclic) bond motifs is 1. The molecule has 2 aromatic heterocycles. The van der Waals surface area contributed by atoms with E-state index in [-0.39, 0.29) is 5.91 Å². The molecule has 5 heteroatoms. The highest BCUT2D eigenvalue weighted by Gasteiger charge is 2.16. The van der Waals surface area contributed by atoms with Crippen molar-refractivity contribution in [3.63, 3.8) is 0 Å². The van der Waals surface area contributed by atoms with E-state index in [2.05, 4.69) is 22.5 Å². The predicted molar refractivity (Wildman–Crippen MR) is 106 cm³/mol. The van der Waals surface area contributed by atoms with Crippen LogP contribution in [0.4, 0.5) is 0 Å². The summed E-state index contributed by atoms with van der Waals surface area (Å²) < 4.78 is 1.98. The van der Waals surface area contributed by atoms with Crippen LogP contribution in [0.15, 0.2) is 66.7 Å². The van der Waals surface area contributed by atoms with Gasteiger partial charge in [-0.25, -0.2) is 0 Å². The number of nitrogens with zero attached hydrogens (tertiary/aromatic N) is 2.